The first kappa shape index (κ1) is 20.2. The van der Waals surface area contributed by atoms with Crippen LogP contribution in [0.3, 0.4) is 0 Å². The van der Waals surface area contributed by atoms with Crippen LogP contribution in [0.5, 0.6) is 5.75 Å². The van der Waals surface area contributed by atoms with E-state index in [9.17, 15) is 4.79 Å². The van der Waals surface area contributed by atoms with E-state index in [1.807, 2.05) is 74.5 Å². The first-order chi connectivity index (χ1) is 11.0. The molecule has 4 heteroatoms. The van der Waals surface area contributed by atoms with Crippen molar-refractivity contribution in [2.24, 2.45) is 5.73 Å². The maximum atomic E-state index is 12.7. The van der Waals surface area contributed by atoms with Crippen LogP contribution in [0.1, 0.15) is 39.2 Å². The zero-order valence-electron chi connectivity index (χ0n) is 14.5. The number of hydrogen-bond acceptors (Lipinski definition) is 3. The fourth-order valence-electron chi connectivity index (χ4n) is 3.38. The third kappa shape index (κ3) is 3.47. The summed E-state index contributed by atoms with van der Waals surface area (Å²) in [6.45, 7) is 5.54. The SMILES string of the molecule is CCC(N)(Oc1ccccc1)C(CC)(C(C)=O)c1ccccc1.Cl. The van der Waals surface area contributed by atoms with Crippen molar-refractivity contribution < 1.29 is 9.53 Å². The summed E-state index contributed by atoms with van der Waals surface area (Å²) in [5.41, 5.74) is 5.60. The summed E-state index contributed by atoms with van der Waals surface area (Å²) < 4.78 is 6.18. The zero-order valence-corrected chi connectivity index (χ0v) is 15.3. The molecular weight excluding hydrogens is 322 g/mol. The standard InChI is InChI=1S/C20H25NO2.ClH/c1-4-19(16(3)22,17-12-8-6-9-13-17)20(21,5-2)23-18-14-10-7-11-15-18;/h6-15H,4-5,21H2,1-3H3;1H. The molecule has 2 aromatic carbocycles. The Kier molecular flexibility index (Phi) is 7.00. The highest BCUT2D eigenvalue weighted by Gasteiger charge is 2.53. The van der Waals surface area contributed by atoms with Gasteiger partial charge in [-0.2, -0.15) is 0 Å². The molecule has 2 unspecified atom stereocenters. The average molecular weight is 348 g/mol. The van der Waals surface area contributed by atoms with Gasteiger partial charge in [0.15, 0.2) is 5.72 Å². The molecule has 0 aliphatic rings. The van der Waals surface area contributed by atoms with Gasteiger partial charge in [0.25, 0.3) is 0 Å². The van der Waals surface area contributed by atoms with Gasteiger partial charge in [-0.15, -0.1) is 12.4 Å². The summed E-state index contributed by atoms with van der Waals surface area (Å²) in [5, 5.41) is 0. The average Bonchev–Trinajstić information content (AvgIpc) is 2.57. The number of carbonyl (C=O) groups is 1. The van der Waals surface area contributed by atoms with Gasteiger partial charge in [-0.1, -0.05) is 62.4 Å². The number of hydrogen-bond donors (Lipinski definition) is 1. The van der Waals surface area contributed by atoms with E-state index >= 15 is 0 Å². The third-order valence-corrected chi connectivity index (χ3v) is 4.69. The Morgan fingerprint density at radius 2 is 1.46 bits per heavy atom. The Morgan fingerprint density at radius 1 is 0.958 bits per heavy atom. The minimum absolute atomic E-state index is 0. The van der Waals surface area contributed by atoms with Gasteiger partial charge >= 0.3 is 0 Å². The van der Waals surface area contributed by atoms with Crippen LogP contribution in [-0.4, -0.2) is 11.5 Å². The minimum Gasteiger partial charge on any atom is -0.472 e. The number of nitrogens with two attached hydrogens (primary N) is 1. The molecule has 0 spiro atoms. The summed E-state index contributed by atoms with van der Waals surface area (Å²) in [6.07, 6.45) is 1.09. The predicted octanol–water partition coefficient (Wildman–Crippen LogP) is 4.49. The van der Waals surface area contributed by atoms with Crippen molar-refractivity contribution in [3.63, 3.8) is 0 Å². The second-order valence-corrected chi connectivity index (χ2v) is 5.84. The van der Waals surface area contributed by atoms with Gasteiger partial charge in [-0.3, -0.25) is 10.5 Å². The van der Waals surface area contributed by atoms with Crippen molar-refractivity contribution in [3.05, 3.63) is 66.2 Å². The number of benzene rings is 2. The first-order valence-electron chi connectivity index (χ1n) is 8.09. The van der Waals surface area contributed by atoms with E-state index in [-0.39, 0.29) is 18.2 Å². The largest absolute Gasteiger partial charge is 0.472 e. The molecule has 0 saturated carbocycles. The summed E-state index contributed by atoms with van der Waals surface area (Å²) in [7, 11) is 0. The Labute approximate surface area is 150 Å². The Bertz CT molecular complexity index is 647. The quantitative estimate of drug-likeness (QED) is 0.751. The maximum Gasteiger partial charge on any atom is 0.174 e. The molecule has 0 bridgehead atoms. The van der Waals surface area contributed by atoms with E-state index in [0.29, 0.717) is 18.6 Å². The molecule has 0 heterocycles. The first-order valence-corrected chi connectivity index (χ1v) is 8.09. The van der Waals surface area contributed by atoms with Crippen molar-refractivity contribution >= 4 is 18.2 Å². The van der Waals surface area contributed by atoms with Crippen molar-refractivity contribution in [1.29, 1.82) is 0 Å². The van der Waals surface area contributed by atoms with Gasteiger partial charge in [0.2, 0.25) is 0 Å². The number of rotatable bonds is 7. The van der Waals surface area contributed by atoms with Gasteiger partial charge in [0, 0.05) is 0 Å². The summed E-state index contributed by atoms with van der Waals surface area (Å²) in [6, 6.07) is 19.2. The third-order valence-electron chi connectivity index (χ3n) is 4.69. The molecular formula is C20H26ClNO2. The molecule has 0 amide bonds. The second-order valence-electron chi connectivity index (χ2n) is 5.84. The molecule has 2 aromatic rings. The van der Waals surface area contributed by atoms with Gasteiger partial charge in [0.05, 0.1) is 0 Å². The Morgan fingerprint density at radius 3 is 1.88 bits per heavy atom. The van der Waals surface area contributed by atoms with Crippen molar-refractivity contribution in [2.75, 3.05) is 0 Å². The molecule has 0 aromatic heterocycles. The van der Waals surface area contributed by atoms with Crippen LogP contribution in [-0.2, 0) is 10.2 Å². The summed E-state index contributed by atoms with van der Waals surface area (Å²) >= 11 is 0. The van der Waals surface area contributed by atoms with Crippen LogP contribution in [0.4, 0.5) is 0 Å². The number of ether oxygens (including phenoxy) is 1. The van der Waals surface area contributed by atoms with E-state index in [1.54, 1.807) is 6.92 Å². The topological polar surface area (TPSA) is 52.3 Å². The van der Waals surface area contributed by atoms with E-state index < -0.39 is 11.1 Å². The monoisotopic (exact) mass is 347 g/mol. The van der Waals surface area contributed by atoms with Crippen LogP contribution in [0.25, 0.3) is 0 Å². The Balaban J connectivity index is 0.00000288. The molecule has 0 aliphatic heterocycles. The van der Waals surface area contributed by atoms with Gasteiger partial charge in [0.1, 0.15) is 16.9 Å². The van der Waals surface area contributed by atoms with E-state index in [4.69, 9.17) is 10.5 Å². The van der Waals surface area contributed by atoms with Crippen LogP contribution < -0.4 is 10.5 Å². The number of halogens is 1. The van der Waals surface area contributed by atoms with Crippen LogP contribution in [0.15, 0.2) is 60.7 Å². The molecule has 0 saturated heterocycles. The van der Waals surface area contributed by atoms with Crippen LogP contribution in [0.2, 0.25) is 0 Å². The molecule has 3 nitrogen and oxygen atoms in total. The number of carbonyl (C=O) groups excluding carboxylic acids is 1. The lowest BCUT2D eigenvalue weighted by atomic mass is 9.66. The molecule has 24 heavy (non-hydrogen) atoms. The van der Waals surface area contributed by atoms with Crippen LogP contribution >= 0.6 is 12.4 Å². The smallest absolute Gasteiger partial charge is 0.174 e. The van der Waals surface area contributed by atoms with Crippen molar-refractivity contribution in [3.8, 4) is 5.75 Å². The van der Waals surface area contributed by atoms with Crippen LogP contribution in [0, 0.1) is 0 Å². The normalized spacial score (nSPS) is 15.5. The highest BCUT2D eigenvalue weighted by atomic mass is 35.5. The van der Waals surface area contributed by atoms with Gasteiger partial charge in [-0.05, 0) is 37.5 Å². The van der Waals surface area contributed by atoms with E-state index in [2.05, 4.69) is 0 Å². The number of para-hydroxylation sites is 1. The summed E-state index contributed by atoms with van der Waals surface area (Å²) in [5.74, 6) is 0.693. The van der Waals surface area contributed by atoms with Crippen molar-refractivity contribution in [1.82, 2.24) is 0 Å². The molecule has 0 aliphatic carbocycles. The number of ketones is 1. The molecule has 2 N–H and O–H groups in total. The lowest BCUT2D eigenvalue weighted by Crippen LogP contribution is -2.64. The lowest BCUT2D eigenvalue weighted by molar-refractivity contribution is -0.133. The fraction of sp³-hybridized carbons (Fsp3) is 0.350. The molecule has 2 rings (SSSR count). The van der Waals surface area contributed by atoms with Crippen molar-refractivity contribution in [2.45, 2.75) is 44.8 Å². The number of Topliss-reactive ketones (excluding diaryl/α,β-unsaturated/α-hetero) is 1. The molecule has 0 radical (unpaired) electrons. The molecule has 130 valence electrons. The zero-order chi connectivity index (χ0) is 16.9. The molecule has 2 atom stereocenters. The van der Waals surface area contributed by atoms with Gasteiger partial charge < -0.3 is 4.74 Å². The van der Waals surface area contributed by atoms with E-state index in [1.165, 1.54) is 0 Å². The minimum atomic E-state index is -1.11. The lowest BCUT2D eigenvalue weighted by Gasteiger charge is -2.46. The Hall–Kier alpha value is -1.84. The summed E-state index contributed by atoms with van der Waals surface area (Å²) in [4.78, 5) is 12.7. The molecule has 0 fully saturated rings. The second kappa shape index (κ2) is 8.32. The predicted molar refractivity (Wildman–Crippen MR) is 101 cm³/mol. The van der Waals surface area contributed by atoms with E-state index in [0.717, 1.165) is 5.56 Å². The van der Waals surface area contributed by atoms with Gasteiger partial charge in [-0.25, -0.2) is 0 Å². The highest BCUT2D eigenvalue weighted by molar-refractivity contribution is 5.89. The fourth-order valence-corrected chi connectivity index (χ4v) is 3.38. The maximum absolute atomic E-state index is 12.7. The highest BCUT2D eigenvalue weighted by Crippen LogP contribution is 2.41.